The van der Waals surface area contributed by atoms with Crippen LogP contribution in [0.4, 0.5) is 0 Å². The van der Waals surface area contributed by atoms with E-state index >= 15 is 0 Å². The molecular formula is C30H35N3O6. The van der Waals surface area contributed by atoms with Gasteiger partial charge in [-0.05, 0) is 61.7 Å². The molecule has 206 valence electrons. The van der Waals surface area contributed by atoms with E-state index in [2.05, 4.69) is 11.9 Å². The zero-order valence-corrected chi connectivity index (χ0v) is 22.6. The van der Waals surface area contributed by atoms with Crippen molar-refractivity contribution in [3.8, 4) is 17.2 Å². The van der Waals surface area contributed by atoms with Crippen molar-refractivity contribution in [2.24, 2.45) is 0 Å². The summed E-state index contributed by atoms with van der Waals surface area (Å²) in [6.45, 7) is 5.89. The first-order valence-electron chi connectivity index (χ1n) is 13.3. The predicted molar refractivity (Wildman–Crippen MR) is 147 cm³/mol. The van der Waals surface area contributed by atoms with Gasteiger partial charge < -0.3 is 28.8 Å². The van der Waals surface area contributed by atoms with E-state index in [0.717, 1.165) is 12.8 Å². The molecule has 0 spiro atoms. The third kappa shape index (κ3) is 6.25. The SMILES string of the molecule is CCCCOc1ccc(C2C(=C(O)c3ccc(OC)cc3)C(=O)C(=O)N2CCCn2ccnc2)cc1OCC. The van der Waals surface area contributed by atoms with Crippen molar-refractivity contribution >= 4 is 17.4 Å². The Morgan fingerprint density at radius 1 is 1.00 bits per heavy atom. The minimum Gasteiger partial charge on any atom is -0.507 e. The lowest BCUT2D eigenvalue weighted by Crippen LogP contribution is -2.31. The van der Waals surface area contributed by atoms with E-state index in [9.17, 15) is 14.7 Å². The summed E-state index contributed by atoms with van der Waals surface area (Å²) in [6.07, 6.45) is 7.76. The van der Waals surface area contributed by atoms with Crippen LogP contribution in [0.25, 0.3) is 5.76 Å². The number of aliphatic hydroxyl groups is 1. The van der Waals surface area contributed by atoms with Crippen LogP contribution in [0.2, 0.25) is 0 Å². The second-order valence-corrected chi connectivity index (χ2v) is 9.22. The van der Waals surface area contributed by atoms with Crippen LogP contribution in [0, 0.1) is 0 Å². The first-order chi connectivity index (χ1) is 19.0. The first-order valence-corrected chi connectivity index (χ1v) is 13.3. The van der Waals surface area contributed by atoms with Gasteiger partial charge in [0, 0.05) is 31.0 Å². The third-order valence-electron chi connectivity index (χ3n) is 6.62. The summed E-state index contributed by atoms with van der Waals surface area (Å²) in [7, 11) is 1.55. The number of rotatable bonds is 13. The van der Waals surface area contributed by atoms with Crippen molar-refractivity contribution in [1.82, 2.24) is 14.5 Å². The second kappa shape index (κ2) is 13.0. The summed E-state index contributed by atoms with van der Waals surface area (Å²) in [5, 5.41) is 11.3. The van der Waals surface area contributed by atoms with Gasteiger partial charge in [-0.1, -0.05) is 19.4 Å². The van der Waals surface area contributed by atoms with Crippen molar-refractivity contribution < 1.29 is 28.9 Å². The maximum absolute atomic E-state index is 13.4. The fraction of sp³-hybridized carbons (Fsp3) is 0.367. The highest BCUT2D eigenvalue weighted by atomic mass is 16.5. The smallest absolute Gasteiger partial charge is 0.295 e. The summed E-state index contributed by atoms with van der Waals surface area (Å²) in [5.41, 5.74) is 1.11. The standard InChI is InChI=1S/C30H35N3O6/c1-4-6-18-39-24-13-10-22(19-25(24)38-5-2)27-26(28(34)21-8-11-23(37-3)12-9-21)29(35)30(36)33(27)16-7-15-32-17-14-31-20-32/h8-14,17,19-20,27,34H,4-7,15-16,18H2,1-3H3. The topological polar surface area (TPSA) is 103 Å². The summed E-state index contributed by atoms with van der Waals surface area (Å²) in [4.78, 5) is 32.3. The van der Waals surface area contributed by atoms with Crippen LogP contribution in [0.1, 0.15) is 50.3 Å². The molecule has 9 heteroatoms. The monoisotopic (exact) mass is 533 g/mol. The fourth-order valence-electron chi connectivity index (χ4n) is 4.61. The molecule has 1 aliphatic heterocycles. The lowest BCUT2D eigenvalue weighted by atomic mass is 9.95. The molecule has 1 atom stereocenters. The van der Waals surface area contributed by atoms with Gasteiger partial charge in [0.05, 0.1) is 38.3 Å². The molecule has 0 radical (unpaired) electrons. The number of likely N-dealkylation sites (tertiary alicyclic amines) is 1. The van der Waals surface area contributed by atoms with Crippen LogP contribution < -0.4 is 14.2 Å². The van der Waals surface area contributed by atoms with E-state index in [0.29, 0.717) is 61.1 Å². The van der Waals surface area contributed by atoms with E-state index in [1.54, 1.807) is 56.0 Å². The Bertz CT molecular complexity index is 1300. The van der Waals surface area contributed by atoms with Crippen LogP contribution in [-0.2, 0) is 16.1 Å². The van der Waals surface area contributed by atoms with Gasteiger partial charge in [0.25, 0.3) is 11.7 Å². The average Bonchev–Trinajstić information content (AvgIpc) is 3.56. The number of amides is 1. The normalized spacial score (nSPS) is 16.5. The number of ether oxygens (including phenoxy) is 3. The van der Waals surface area contributed by atoms with Crippen LogP contribution in [0.3, 0.4) is 0 Å². The van der Waals surface area contributed by atoms with Crippen molar-refractivity contribution in [3.05, 3.63) is 77.9 Å². The number of carbonyl (C=O) groups excluding carboxylic acids is 2. The Balaban J connectivity index is 1.75. The number of carbonyl (C=O) groups is 2. The van der Waals surface area contributed by atoms with Crippen LogP contribution in [0.15, 0.2) is 66.8 Å². The molecule has 1 amide bonds. The maximum Gasteiger partial charge on any atom is 0.295 e. The highest BCUT2D eigenvalue weighted by Gasteiger charge is 2.46. The highest BCUT2D eigenvalue weighted by Crippen LogP contribution is 2.42. The van der Waals surface area contributed by atoms with Gasteiger partial charge in [-0.2, -0.15) is 0 Å². The van der Waals surface area contributed by atoms with Gasteiger partial charge in [0.2, 0.25) is 0 Å². The predicted octanol–water partition coefficient (Wildman–Crippen LogP) is 4.98. The molecule has 2 aromatic carbocycles. The molecule has 1 fully saturated rings. The number of benzene rings is 2. The van der Waals surface area contributed by atoms with Gasteiger partial charge in [-0.3, -0.25) is 9.59 Å². The largest absolute Gasteiger partial charge is 0.507 e. The molecule has 1 saturated heterocycles. The number of unbranched alkanes of at least 4 members (excludes halogenated alkanes) is 1. The van der Waals surface area contributed by atoms with Gasteiger partial charge >= 0.3 is 0 Å². The molecule has 4 rings (SSSR count). The molecule has 1 unspecified atom stereocenters. The van der Waals surface area contributed by atoms with E-state index < -0.39 is 17.7 Å². The highest BCUT2D eigenvalue weighted by molar-refractivity contribution is 6.46. The van der Waals surface area contributed by atoms with E-state index in [1.807, 2.05) is 23.8 Å². The Labute approximate surface area is 228 Å². The second-order valence-electron chi connectivity index (χ2n) is 9.22. The van der Waals surface area contributed by atoms with Crippen LogP contribution in [0.5, 0.6) is 17.2 Å². The van der Waals surface area contributed by atoms with Crippen LogP contribution >= 0.6 is 0 Å². The number of aliphatic hydroxyl groups excluding tert-OH is 1. The fourth-order valence-corrected chi connectivity index (χ4v) is 4.61. The zero-order chi connectivity index (χ0) is 27.8. The van der Waals surface area contributed by atoms with Gasteiger partial charge in [0.1, 0.15) is 11.5 Å². The molecule has 0 aliphatic carbocycles. The lowest BCUT2D eigenvalue weighted by Gasteiger charge is -2.26. The molecule has 3 aromatic rings. The molecule has 1 N–H and O–H groups in total. The lowest BCUT2D eigenvalue weighted by molar-refractivity contribution is -0.139. The van der Waals surface area contributed by atoms with Gasteiger partial charge in [-0.15, -0.1) is 0 Å². The maximum atomic E-state index is 13.4. The average molecular weight is 534 g/mol. The molecule has 1 aromatic heterocycles. The summed E-state index contributed by atoms with van der Waals surface area (Å²) in [6, 6.07) is 11.3. The molecule has 9 nitrogen and oxygen atoms in total. The molecule has 0 saturated carbocycles. The Kier molecular flexibility index (Phi) is 9.25. The number of hydrogen-bond acceptors (Lipinski definition) is 7. The third-order valence-corrected chi connectivity index (χ3v) is 6.62. The van der Waals surface area contributed by atoms with E-state index in [1.165, 1.54) is 4.90 Å². The Morgan fingerprint density at radius 3 is 2.46 bits per heavy atom. The molecule has 39 heavy (non-hydrogen) atoms. The van der Waals surface area contributed by atoms with Crippen LogP contribution in [-0.4, -0.2) is 58.1 Å². The summed E-state index contributed by atoms with van der Waals surface area (Å²) in [5.74, 6) is 0.127. The number of aromatic nitrogens is 2. The quantitative estimate of drug-likeness (QED) is 0.143. The zero-order valence-electron chi connectivity index (χ0n) is 22.6. The number of ketones is 1. The number of Topliss-reactive ketones (excluding diaryl/α,β-unsaturated/α-hetero) is 1. The first kappa shape index (κ1) is 27.8. The molecule has 1 aliphatic rings. The van der Waals surface area contributed by atoms with E-state index in [4.69, 9.17) is 14.2 Å². The molecular weight excluding hydrogens is 498 g/mol. The van der Waals surface area contributed by atoms with Gasteiger partial charge in [0.15, 0.2) is 11.5 Å². The summed E-state index contributed by atoms with van der Waals surface area (Å²) < 4.78 is 18.9. The van der Waals surface area contributed by atoms with Crippen molar-refractivity contribution in [1.29, 1.82) is 0 Å². The van der Waals surface area contributed by atoms with Crippen molar-refractivity contribution in [2.45, 2.75) is 45.7 Å². The number of hydrogen-bond donors (Lipinski definition) is 1. The number of methoxy groups -OCH3 is 1. The Hall–Kier alpha value is -4.27. The number of nitrogens with zero attached hydrogens (tertiary/aromatic N) is 3. The van der Waals surface area contributed by atoms with Gasteiger partial charge in [-0.25, -0.2) is 4.98 Å². The Morgan fingerprint density at radius 2 is 1.79 bits per heavy atom. The molecule has 2 heterocycles. The van der Waals surface area contributed by atoms with Crippen molar-refractivity contribution in [2.75, 3.05) is 26.9 Å². The summed E-state index contributed by atoms with van der Waals surface area (Å²) >= 11 is 0. The van der Waals surface area contributed by atoms with E-state index in [-0.39, 0.29) is 11.3 Å². The number of aryl methyl sites for hydroxylation is 1. The van der Waals surface area contributed by atoms with Crippen molar-refractivity contribution in [3.63, 3.8) is 0 Å². The number of imidazole rings is 1. The molecule has 0 bridgehead atoms. The minimum absolute atomic E-state index is 0.0369. The minimum atomic E-state index is -0.793.